The monoisotopic (exact) mass is 220 g/mol. The van der Waals surface area contributed by atoms with E-state index in [9.17, 15) is 8.42 Å². The van der Waals surface area contributed by atoms with Crippen LogP contribution in [0, 0.1) is 0 Å². The van der Waals surface area contributed by atoms with Gasteiger partial charge in [0.2, 0.25) is 10.0 Å². The molecule has 1 saturated heterocycles. The van der Waals surface area contributed by atoms with Crippen LogP contribution < -0.4 is 5.32 Å². The summed E-state index contributed by atoms with van der Waals surface area (Å²) < 4.78 is 24.8. The van der Waals surface area contributed by atoms with Crippen molar-refractivity contribution >= 4 is 10.0 Å². The van der Waals surface area contributed by atoms with Crippen molar-refractivity contribution in [2.24, 2.45) is 0 Å². The Balaban J connectivity index is 2.76. The van der Waals surface area contributed by atoms with Crippen molar-refractivity contribution in [3.63, 3.8) is 0 Å². The predicted octanol–water partition coefficient (Wildman–Crippen LogP) is 0.408. The first kappa shape index (κ1) is 11.9. The number of hydrogen-bond acceptors (Lipinski definition) is 3. The molecule has 0 aromatic heterocycles. The smallest absolute Gasteiger partial charge is 0.211 e. The number of piperidine rings is 1. The van der Waals surface area contributed by atoms with Crippen LogP contribution in [0.3, 0.4) is 0 Å². The van der Waals surface area contributed by atoms with E-state index in [0.717, 1.165) is 25.9 Å². The van der Waals surface area contributed by atoms with Crippen LogP contribution in [0.4, 0.5) is 0 Å². The summed E-state index contributed by atoms with van der Waals surface area (Å²) >= 11 is 0. The van der Waals surface area contributed by atoms with E-state index in [4.69, 9.17) is 0 Å². The van der Waals surface area contributed by atoms with Crippen LogP contribution in [0.15, 0.2) is 0 Å². The van der Waals surface area contributed by atoms with Gasteiger partial charge in [-0.25, -0.2) is 8.42 Å². The fourth-order valence-corrected chi connectivity index (χ4v) is 3.61. The van der Waals surface area contributed by atoms with Crippen molar-refractivity contribution in [2.75, 3.05) is 19.3 Å². The van der Waals surface area contributed by atoms with Gasteiger partial charge in [0.1, 0.15) is 0 Å². The summed E-state index contributed by atoms with van der Waals surface area (Å²) in [5.74, 6) is 0. The largest absolute Gasteiger partial charge is 0.315 e. The molecule has 0 aromatic carbocycles. The maximum absolute atomic E-state index is 11.6. The van der Waals surface area contributed by atoms with Crippen LogP contribution in [0.5, 0.6) is 0 Å². The maximum Gasteiger partial charge on any atom is 0.211 e. The zero-order valence-electron chi connectivity index (χ0n) is 9.16. The van der Waals surface area contributed by atoms with E-state index in [-0.39, 0.29) is 12.1 Å². The van der Waals surface area contributed by atoms with Crippen molar-refractivity contribution in [1.82, 2.24) is 9.62 Å². The van der Waals surface area contributed by atoms with Crippen molar-refractivity contribution in [3.05, 3.63) is 0 Å². The molecule has 14 heavy (non-hydrogen) atoms. The molecule has 1 N–H and O–H groups in total. The van der Waals surface area contributed by atoms with E-state index in [2.05, 4.69) is 5.32 Å². The van der Waals surface area contributed by atoms with Crippen molar-refractivity contribution in [2.45, 2.75) is 38.8 Å². The van der Waals surface area contributed by atoms with Crippen LogP contribution >= 0.6 is 0 Å². The minimum Gasteiger partial charge on any atom is -0.315 e. The summed E-state index contributed by atoms with van der Waals surface area (Å²) in [6.45, 7) is 5.64. The van der Waals surface area contributed by atoms with Crippen LogP contribution in [-0.2, 0) is 10.0 Å². The second-order valence-corrected chi connectivity index (χ2v) is 6.07. The first-order valence-corrected chi connectivity index (χ1v) is 6.97. The minimum absolute atomic E-state index is 0.0508. The second kappa shape index (κ2) is 4.59. The maximum atomic E-state index is 11.6. The predicted molar refractivity (Wildman–Crippen MR) is 57.7 cm³/mol. The van der Waals surface area contributed by atoms with Gasteiger partial charge in [0.15, 0.2) is 0 Å². The van der Waals surface area contributed by atoms with Gasteiger partial charge >= 0.3 is 0 Å². The highest BCUT2D eigenvalue weighted by molar-refractivity contribution is 7.88. The standard InChI is InChI=1S/C9H20N2O2S/c1-8(2)11(14(3,12)13)9-5-4-6-10-7-9/h8-10H,4-7H2,1-3H3. The molecule has 0 spiro atoms. The van der Waals surface area contributed by atoms with Gasteiger partial charge in [-0.3, -0.25) is 0 Å². The molecular formula is C9H20N2O2S. The molecule has 4 nitrogen and oxygen atoms in total. The third kappa shape index (κ3) is 2.93. The average Bonchev–Trinajstić information content (AvgIpc) is 2.02. The van der Waals surface area contributed by atoms with Gasteiger partial charge < -0.3 is 5.32 Å². The summed E-state index contributed by atoms with van der Waals surface area (Å²) in [6, 6.07) is 0.189. The summed E-state index contributed by atoms with van der Waals surface area (Å²) in [6.07, 6.45) is 3.32. The Morgan fingerprint density at radius 1 is 1.43 bits per heavy atom. The Hall–Kier alpha value is -0.130. The minimum atomic E-state index is -3.07. The van der Waals surface area contributed by atoms with Crippen LogP contribution in [-0.4, -0.2) is 44.2 Å². The van der Waals surface area contributed by atoms with Gasteiger partial charge in [-0.1, -0.05) is 0 Å². The Labute approximate surface area is 86.7 Å². The van der Waals surface area contributed by atoms with E-state index < -0.39 is 10.0 Å². The van der Waals surface area contributed by atoms with Crippen molar-refractivity contribution < 1.29 is 8.42 Å². The second-order valence-electron chi connectivity index (χ2n) is 4.19. The molecular weight excluding hydrogens is 200 g/mol. The molecule has 1 fully saturated rings. The third-order valence-corrected chi connectivity index (χ3v) is 4.01. The first-order chi connectivity index (χ1) is 6.43. The zero-order chi connectivity index (χ0) is 10.8. The molecule has 0 radical (unpaired) electrons. The van der Waals surface area contributed by atoms with E-state index >= 15 is 0 Å². The molecule has 5 heteroatoms. The molecule has 1 aliphatic rings. The van der Waals surface area contributed by atoms with E-state index in [1.807, 2.05) is 13.8 Å². The number of sulfonamides is 1. The lowest BCUT2D eigenvalue weighted by Crippen LogP contribution is -2.51. The van der Waals surface area contributed by atoms with Gasteiger partial charge in [-0.2, -0.15) is 4.31 Å². The molecule has 0 bridgehead atoms. The summed E-state index contributed by atoms with van der Waals surface area (Å²) in [5, 5.41) is 3.24. The molecule has 0 amide bonds. The van der Waals surface area contributed by atoms with Crippen LogP contribution in [0.25, 0.3) is 0 Å². The lowest BCUT2D eigenvalue weighted by atomic mass is 10.1. The molecule has 1 atom stereocenters. The van der Waals surface area contributed by atoms with Crippen molar-refractivity contribution in [1.29, 1.82) is 0 Å². The van der Waals surface area contributed by atoms with E-state index in [1.165, 1.54) is 6.26 Å². The summed E-state index contributed by atoms with van der Waals surface area (Å²) in [5.41, 5.74) is 0. The molecule has 84 valence electrons. The number of hydrogen-bond donors (Lipinski definition) is 1. The highest BCUT2D eigenvalue weighted by atomic mass is 32.2. The van der Waals surface area contributed by atoms with Gasteiger partial charge in [0.05, 0.1) is 6.26 Å². The molecule has 1 aliphatic heterocycles. The molecule has 1 rings (SSSR count). The van der Waals surface area contributed by atoms with E-state index in [0.29, 0.717) is 0 Å². The SMILES string of the molecule is CC(C)N(C1CCCNC1)S(C)(=O)=O. The fraction of sp³-hybridized carbons (Fsp3) is 1.00. The highest BCUT2D eigenvalue weighted by Crippen LogP contribution is 2.16. The number of nitrogens with zero attached hydrogens (tertiary/aromatic N) is 1. The Morgan fingerprint density at radius 3 is 2.43 bits per heavy atom. The van der Waals surface area contributed by atoms with Crippen LogP contribution in [0.2, 0.25) is 0 Å². The quantitative estimate of drug-likeness (QED) is 0.749. The number of nitrogens with one attached hydrogen (secondary N) is 1. The molecule has 0 aromatic rings. The average molecular weight is 220 g/mol. The Morgan fingerprint density at radius 2 is 2.07 bits per heavy atom. The topological polar surface area (TPSA) is 49.4 Å². The lowest BCUT2D eigenvalue weighted by Gasteiger charge is -2.35. The zero-order valence-corrected chi connectivity index (χ0v) is 9.97. The summed E-state index contributed by atoms with van der Waals surface area (Å²) in [4.78, 5) is 0. The molecule has 1 heterocycles. The van der Waals surface area contributed by atoms with Gasteiger partial charge in [-0.15, -0.1) is 0 Å². The highest BCUT2D eigenvalue weighted by Gasteiger charge is 2.29. The molecule has 0 saturated carbocycles. The normalized spacial score (nSPS) is 24.5. The Bertz CT molecular complexity index is 269. The lowest BCUT2D eigenvalue weighted by molar-refractivity contribution is 0.232. The van der Waals surface area contributed by atoms with Gasteiger partial charge in [0, 0.05) is 18.6 Å². The Kier molecular flexibility index (Phi) is 3.92. The first-order valence-electron chi connectivity index (χ1n) is 5.12. The van der Waals surface area contributed by atoms with E-state index in [1.54, 1.807) is 4.31 Å². The molecule has 0 aliphatic carbocycles. The van der Waals surface area contributed by atoms with Gasteiger partial charge in [-0.05, 0) is 33.2 Å². The van der Waals surface area contributed by atoms with Crippen molar-refractivity contribution in [3.8, 4) is 0 Å². The molecule has 1 unspecified atom stereocenters. The summed E-state index contributed by atoms with van der Waals surface area (Å²) in [7, 11) is -3.07. The third-order valence-electron chi connectivity index (χ3n) is 2.52. The van der Waals surface area contributed by atoms with Crippen LogP contribution in [0.1, 0.15) is 26.7 Å². The number of rotatable bonds is 3. The fourth-order valence-electron chi connectivity index (χ4n) is 2.13. The van der Waals surface area contributed by atoms with Gasteiger partial charge in [0.25, 0.3) is 0 Å².